The molecular weight excluding hydrogens is 808 g/mol. The molecule has 3 atom stereocenters. The molecule has 0 saturated heterocycles. The first-order valence-electron chi connectivity index (χ1n) is 18.1. The van der Waals surface area contributed by atoms with Gasteiger partial charge in [-0.05, 0) is 48.6 Å². The number of imidazole rings is 1. The van der Waals surface area contributed by atoms with Crippen LogP contribution in [0, 0.1) is 17.6 Å². The van der Waals surface area contributed by atoms with Crippen LogP contribution in [0.4, 0.5) is 36.6 Å². The van der Waals surface area contributed by atoms with E-state index in [0.29, 0.717) is 49.7 Å². The molecule has 2 aliphatic rings. The Hall–Kier alpha value is -6.31. The number of anilines is 1. The van der Waals surface area contributed by atoms with Crippen LogP contribution in [0.2, 0.25) is 0 Å². The smallest absolute Gasteiger partial charge is 0.346 e. The number of alkyl halides is 5. The predicted octanol–water partition coefficient (Wildman–Crippen LogP) is 7.35. The van der Waals surface area contributed by atoms with E-state index in [1.54, 1.807) is 55.6 Å². The highest BCUT2D eigenvalue weighted by molar-refractivity contribution is 7.92. The standard InChI is InChI=1S/C39H30F7N9O3S/c1-54-32-22(9-6-10-23(32)36(52-54)53-59(2,57)58)24-16-28-37(50-35(48-28)19-7-4-3-5-8-19)49-31(24)27(13-18-11-20(40)14-21(41)12-18)47-29(56)17-55-34-30(33(51-55)39(44,45)46)25-15-26(25)38(34,42)43/h3-12,14,16,25-27H,13,15,17H2,1-2H3,(H,47,56)(H,52,53)(H,48,49,50)/t25-,26+,27-/m0/s1. The summed E-state index contributed by atoms with van der Waals surface area (Å²) >= 11 is 0. The summed E-state index contributed by atoms with van der Waals surface area (Å²) in [6.07, 6.45) is -4.60. The van der Waals surface area contributed by atoms with Crippen molar-refractivity contribution >= 4 is 43.8 Å². The summed E-state index contributed by atoms with van der Waals surface area (Å²) in [6.45, 7) is -1.06. The Labute approximate surface area is 329 Å². The number of aromatic nitrogens is 7. The van der Waals surface area contributed by atoms with Crippen molar-refractivity contribution in [3.8, 4) is 22.5 Å². The van der Waals surface area contributed by atoms with Crippen molar-refractivity contribution in [2.45, 2.75) is 43.4 Å². The fraction of sp³-hybridized carbons (Fsp3) is 0.256. The average molecular weight is 838 g/mol. The quantitative estimate of drug-likeness (QED) is 0.122. The minimum absolute atomic E-state index is 0.00912. The number of para-hydroxylation sites is 1. The number of aromatic amines is 1. The van der Waals surface area contributed by atoms with E-state index in [4.69, 9.17) is 4.98 Å². The lowest BCUT2D eigenvalue weighted by atomic mass is 9.94. The molecule has 0 radical (unpaired) electrons. The zero-order chi connectivity index (χ0) is 41.8. The van der Waals surface area contributed by atoms with Gasteiger partial charge in [0.2, 0.25) is 15.9 Å². The number of nitrogens with zero attached hydrogens (tertiary/aromatic N) is 6. The van der Waals surface area contributed by atoms with Crippen LogP contribution < -0.4 is 10.0 Å². The summed E-state index contributed by atoms with van der Waals surface area (Å²) in [4.78, 5) is 26.8. The number of hydrogen-bond donors (Lipinski definition) is 3. The number of fused-ring (bicyclic) bond motifs is 5. The molecule has 12 nitrogen and oxygen atoms in total. The number of amides is 1. The van der Waals surface area contributed by atoms with Crippen molar-refractivity contribution in [3.05, 3.63) is 113 Å². The van der Waals surface area contributed by atoms with Crippen molar-refractivity contribution in [3.63, 3.8) is 0 Å². The topological polar surface area (TPSA) is 152 Å². The lowest BCUT2D eigenvalue weighted by Gasteiger charge is -2.23. The van der Waals surface area contributed by atoms with Gasteiger partial charge < -0.3 is 10.3 Å². The van der Waals surface area contributed by atoms with Gasteiger partial charge in [0.25, 0.3) is 5.92 Å². The van der Waals surface area contributed by atoms with Crippen molar-refractivity contribution in [1.29, 1.82) is 0 Å². The summed E-state index contributed by atoms with van der Waals surface area (Å²) in [5.41, 5.74) is -0.633. The molecule has 304 valence electrons. The van der Waals surface area contributed by atoms with E-state index in [2.05, 4.69) is 30.2 Å². The van der Waals surface area contributed by atoms with E-state index in [9.17, 15) is 35.2 Å². The van der Waals surface area contributed by atoms with Gasteiger partial charge in [-0.25, -0.2) is 27.2 Å². The fourth-order valence-electron chi connectivity index (χ4n) is 8.12. The Kier molecular flexibility index (Phi) is 8.66. The first kappa shape index (κ1) is 38.2. The second-order valence-electron chi connectivity index (χ2n) is 14.7. The molecule has 0 bridgehead atoms. The molecule has 20 heteroatoms. The number of halogens is 7. The number of rotatable bonds is 10. The molecule has 3 aromatic carbocycles. The zero-order valence-electron chi connectivity index (χ0n) is 30.7. The third-order valence-corrected chi connectivity index (χ3v) is 11.1. The summed E-state index contributed by atoms with van der Waals surface area (Å²) in [5, 5.41) is 10.9. The van der Waals surface area contributed by atoms with Crippen molar-refractivity contribution in [2.24, 2.45) is 13.0 Å². The highest BCUT2D eigenvalue weighted by atomic mass is 32.2. The highest BCUT2D eigenvalue weighted by Crippen LogP contribution is 2.68. The molecule has 1 fully saturated rings. The van der Waals surface area contributed by atoms with Crippen LogP contribution in [0.15, 0.2) is 72.8 Å². The first-order valence-corrected chi connectivity index (χ1v) is 20.0. The van der Waals surface area contributed by atoms with Gasteiger partial charge in [-0.1, -0.05) is 42.5 Å². The molecule has 9 rings (SSSR count). The van der Waals surface area contributed by atoms with Crippen LogP contribution >= 0.6 is 0 Å². The van der Waals surface area contributed by atoms with Crippen molar-refractivity contribution < 1.29 is 43.9 Å². The number of benzene rings is 3. The van der Waals surface area contributed by atoms with E-state index < -0.39 is 81.0 Å². The SMILES string of the molecule is Cn1nc(NS(C)(=O)=O)c2cccc(-c3cc4[nH]c(-c5ccccc5)nc4nc3[C@H](Cc3cc(F)cc(F)c3)NC(=O)Cn3nc(C(F)(F)F)c4c3C(F)(F)[C@@H]3C[C@H]43)c21. The van der Waals surface area contributed by atoms with Crippen molar-refractivity contribution in [1.82, 2.24) is 39.8 Å². The Morgan fingerprint density at radius 1 is 0.983 bits per heavy atom. The summed E-state index contributed by atoms with van der Waals surface area (Å²) in [5.74, 6) is -8.56. The number of pyridine rings is 1. The zero-order valence-corrected chi connectivity index (χ0v) is 31.6. The molecule has 7 aromatic rings. The maximum Gasteiger partial charge on any atom is 0.435 e. The van der Waals surface area contributed by atoms with Gasteiger partial charge in [0.1, 0.15) is 29.7 Å². The van der Waals surface area contributed by atoms with Gasteiger partial charge in [0.05, 0.1) is 29.0 Å². The molecule has 2 aliphatic carbocycles. The molecule has 59 heavy (non-hydrogen) atoms. The number of carbonyl (C=O) groups excluding carboxylic acids is 1. The third kappa shape index (κ3) is 6.83. The number of hydrogen-bond acceptors (Lipinski definition) is 7. The summed E-state index contributed by atoms with van der Waals surface area (Å²) in [6, 6.07) is 17.0. The minimum Gasteiger partial charge on any atom is -0.346 e. The number of H-pyrrole nitrogens is 1. The van der Waals surface area contributed by atoms with Gasteiger partial charge in [-0.2, -0.15) is 32.1 Å². The first-order chi connectivity index (χ1) is 27.9. The normalized spacial score (nSPS) is 17.6. The van der Waals surface area contributed by atoms with Crippen LogP contribution in [-0.4, -0.2) is 55.1 Å². The van der Waals surface area contributed by atoms with E-state index in [1.807, 2.05) is 6.07 Å². The van der Waals surface area contributed by atoms with Gasteiger partial charge in [0.15, 0.2) is 17.2 Å². The lowest BCUT2D eigenvalue weighted by molar-refractivity contribution is -0.142. The molecule has 4 aromatic heterocycles. The van der Waals surface area contributed by atoms with Gasteiger partial charge in [-0.15, -0.1) is 0 Å². The van der Waals surface area contributed by atoms with Crippen LogP contribution in [0.25, 0.3) is 44.6 Å². The average Bonchev–Trinajstić information content (AvgIpc) is 3.42. The number of carbonyl (C=O) groups is 1. The van der Waals surface area contributed by atoms with Crippen LogP contribution in [0.5, 0.6) is 0 Å². The van der Waals surface area contributed by atoms with E-state index in [1.165, 1.54) is 4.68 Å². The molecular formula is C39H30F7N9O3S. The van der Waals surface area contributed by atoms with E-state index in [-0.39, 0.29) is 35.6 Å². The third-order valence-electron chi connectivity index (χ3n) is 10.5. The van der Waals surface area contributed by atoms with Crippen LogP contribution in [0.3, 0.4) is 0 Å². The van der Waals surface area contributed by atoms with Crippen molar-refractivity contribution in [2.75, 3.05) is 11.0 Å². The van der Waals surface area contributed by atoms with E-state index in [0.717, 1.165) is 18.4 Å². The van der Waals surface area contributed by atoms with Gasteiger partial charge >= 0.3 is 6.18 Å². The fourth-order valence-corrected chi connectivity index (χ4v) is 8.63. The Bertz CT molecular complexity index is 2940. The minimum atomic E-state index is -5.07. The Morgan fingerprint density at radius 3 is 2.41 bits per heavy atom. The monoisotopic (exact) mass is 837 g/mol. The largest absolute Gasteiger partial charge is 0.435 e. The molecule has 1 amide bonds. The van der Waals surface area contributed by atoms with Crippen LogP contribution in [-0.2, 0) is 46.9 Å². The van der Waals surface area contributed by atoms with Gasteiger partial charge in [-0.3, -0.25) is 18.9 Å². The highest BCUT2D eigenvalue weighted by Gasteiger charge is 2.68. The second kappa shape index (κ2) is 13.4. The van der Waals surface area contributed by atoms with E-state index >= 15 is 8.78 Å². The van der Waals surface area contributed by atoms with Gasteiger partial charge in [0, 0.05) is 46.7 Å². The summed E-state index contributed by atoms with van der Waals surface area (Å²) < 4.78 is 131. The maximum absolute atomic E-state index is 15.4. The van der Waals surface area contributed by atoms with Crippen LogP contribution in [0.1, 0.15) is 46.6 Å². The summed E-state index contributed by atoms with van der Waals surface area (Å²) in [7, 11) is -2.21. The molecule has 0 unspecified atom stereocenters. The number of aryl methyl sites for hydroxylation is 1. The lowest BCUT2D eigenvalue weighted by Crippen LogP contribution is -2.35. The molecule has 3 N–H and O–H groups in total. The molecule has 4 heterocycles. The Balaban J connectivity index is 1.21. The second-order valence-corrected chi connectivity index (χ2v) is 16.5. The number of sulfonamides is 1. The Morgan fingerprint density at radius 2 is 1.71 bits per heavy atom. The maximum atomic E-state index is 15.4. The molecule has 0 aliphatic heterocycles. The molecule has 1 saturated carbocycles. The number of nitrogens with one attached hydrogen (secondary N) is 3. The predicted molar refractivity (Wildman–Crippen MR) is 200 cm³/mol. The molecule has 0 spiro atoms.